The fourth-order valence-electron chi connectivity index (χ4n) is 2.61. The van der Waals surface area contributed by atoms with E-state index in [9.17, 15) is 4.79 Å². The molecule has 19 heavy (non-hydrogen) atoms. The smallest absolute Gasteiger partial charge is 0.318 e. The molecule has 1 saturated heterocycles. The first kappa shape index (κ1) is 12.0. The van der Waals surface area contributed by atoms with E-state index in [2.05, 4.69) is 12.1 Å². The Hall–Kier alpha value is -2.03. The Bertz CT molecular complexity index is 655. The molecular weight excluding hydrogens is 235 g/mol. The molecular formula is C16H13BO2. The molecule has 0 spiro atoms. The molecule has 92 valence electrons. The van der Waals surface area contributed by atoms with Crippen LogP contribution in [0.4, 0.5) is 0 Å². The van der Waals surface area contributed by atoms with Gasteiger partial charge in [0.15, 0.2) is 0 Å². The molecule has 1 heterocycles. The lowest BCUT2D eigenvalue weighted by atomic mass is 9.88. The normalized spacial score (nSPS) is 21.6. The van der Waals surface area contributed by atoms with Gasteiger partial charge < -0.3 is 4.74 Å². The maximum Gasteiger partial charge on any atom is 0.318 e. The van der Waals surface area contributed by atoms with Crippen LogP contribution < -0.4 is 0 Å². The number of carbonyl (C=O) groups excluding carboxylic acids is 1. The van der Waals surface area contributed by atoms with Gasteiger partial charge in [0.2, 0.25) is 0 Å². The summed E-state index contributed by atoms with van der Waals surface area (Å²) in [6, 6.07) is 14.1. The average Bonchev–Trinajstić information content (AvgIpc) is 2.46. The first-order valence-corrected chi connectivity index (χ1v) is 6.39. The highest BCUT2D eigenvalue weighted by Gasteiger charge is 2.29. The number of fused-ring (bicyclic) bond motifs is 1. The van der Waals surface area contributed by atoms with Gasteiger partial charge in [-0.1, -0.05) is 48.4 Å². The van der Waals surface area contributed by atoms with Crippen molar-refractivity contribution in [1.29, 1.82) is 0 Å². The standard InChI is InChI=1S/C16H13BO2/c17-10-12-8-9-15(16(18)19-12)14-7-3-5-11-4-1-2-6-13(11)14/h1-7,10,15H,8-9H2/b12-10+. The van der Waals surface area contributed by atoms with E-state index in [1.54, 1.807) is 0 Å². The third-order valence-electron chi connectivity index (χ3n) is 3.58. The van der Waals surface area contributed by atoms with Crippen LogP contribution in [0.2, 0.25) is 0 Å². The van der Waals surface area contributed by atoms with E-state index >= 15 is 0 Å². The van der Waals surface area contributed by atoms with Gasteiger partial charge in [0.25, 0.3) is 0 Å². The van der Waals surface area contributed by atoms with Crippen molar-refractivity contribution in [3.05, 3.63) is 59.8 Å². The molecule has 1 unspecified atom stereocenters. The van der Waals surface area contributed by atoms with E-state index < -0.39 is 0 Å². The third kappa shape index (κ3) is 2.16. The molecule has 0 bridgehead atoms. The van der Waals surface area contributed by atoms with Crippen LogP contribution in [-0.4, -0.2) is 13.8 Å². The topological polar surface area (TPSA) is 26.3 Å². The second-order valence-electron chi connectivity index (χ2n) is 4.71. The summed E-state index contributed by atoms with van der Waals surface area (Å²) in [5, 5.41) is 2.26. The summed E-state index contributed by atoms with van der Waals surface area (Å²) < 4.78 is 5.25. The fourth-order valence-corrected chi connectivity index (χ4v) is 2.61. The number of hydrogen-bond acceptors (Lipinski definition) is 2. The maximum atomic E-state index is 12.1. The zero-order valence-electron chi connectivity index (χ0n) is 10.5. The summed E-state index contributed by atoms with van der Waals surface area (Å²) in [6.45, 7) is 0. The zero-order chi connectivity index (χ0) is 13.2. The molecule has 0 saturated carbocycles. The molecule has 1 aliphatic rings. The number of benzene rings is 2. The minimum absolute atomic E-state index is 0.199. The molecule has 2 radical (unpaired) electrons. The lowest BCUT2D eigenvalue weighted by Gasteiger charge is -2.24. The van der Waals surface area contributed by atoms with E-state index in [1.165, 1.54) is 5.98 Å². The highest BCUT2D eigenvalue weighted by atomic mass is 16.5. The van der Waals surface area contributed by atoms with E-state index in [0.29, 0.717) is 12.2 Å². The van der Waals surface area contributed by atoms with Crippen LogP contribution in [0.15, 0.2) is 54.2 Å². The number of ether oxygens (including phenoxy) is 1. The average molecular weight is 248 g/mol. The van der Waals surface area contributed by atoms with Crippen LogP contribution in [-0.2, 0) is 9.53 Å². The Morgan fingerprint density at radius 1 is 1.16 bits per heavy atom. The molecule has 2 aromatic carbocycles. The van der Waals surface area contributed by atoms with Crippen LogP contribution >= 0.6 is 0 Å². The van der Waals surface area contributed by atoms with Crippen LogP contribution in [0.1, 0.15) is 24.3 Å². The SMILES string of the molecule is [B]/C=C1\CCC(c2cccc3ccccc23)C(=O)O1. The third-order valence-corrected chi connectivity index (χ3v) is 3.58. The van der Waals surface area contributed by atoms with E-state index in [0.717, 1.165) is 22.8 Å². The molecule has 0 aliphatic carbocycles. The lowest BCUT2D eigenvalue weighted by molar-refractivity contribution is -0.143. The fraction of sp³-hybridized carbons (Fsp3) is 0.188. The van der Waals surface area contributed by atoms with Crippen molar-refractivity contribution in [2.75, 3.05) is 0 Å². The van der Waals surface area contributed by atoms with Crippen LogP contribution in [0.3, 0.4) is 0 Å². The Labute approximate surface area is 113 Å². The van der Waals surface area contributed by atoms with Gasteiger partial charge in [-0.05, 0) is 22.8 Å². The van der Waals surface area contributed by atoms with E-state index in [-0.39, 0.29) is 11.9 Å². The maximum absolute atomic E-state index is 12.1. The number of esters is 1. The number of hydrogen-bond donors (Lipinski definition) is 0. The Kier molecular flexibility index (Phi) is 3.12. The van der Waals surface area contributed by atoms with E-state index in [4.69, 9.17) is 12.6 Å². The van der Waals surface area contributed by atoms with Crippen LogP contribution in [0.25, 0.3) is 10.8 Å². The van der Waals surface area contributed by atoms with Gasteiger partial charge in [-0.3, -0.25) is 4.79 Å². The summed E-state index contributed by atoms with van der Waals surface area (Å²) >= 11 is 0. The Morgan fingerprint density at radius 2 is 1.95 bits per heavy atom. The van der Waals surface area contributed by atoms with Crippen molar-refractivity contribution in [3.63, 3.8) is 0 Å². The van der Waals surface area contributed by atoms with Crippen molar-refractivity contribution in [1.82, 2.24) is 0 Å². The quantitative estimate of drug-likeness (QED) is 0.571. The Morgan fingerprint density at radius 3 is 2.74 bits per heavy atom. The van der Waals surface area contributed by atoms with Gasteiger partial charge in [0, 0.05) is 6.42 Å². The first-order valence-electron chi connectivity index (χ1n) is 6.39. The van der Waals surface area contributed by atoms with Crippen molar-refractivity contribution in [2.45, 2.75) is 18.8 Å². The van der Waals surface area contributed by atoms with Gasteiger partial charge in [-0.25, -0.2) is 0 Å². The van der Waals surface area contributed by atoms with Crippen LogP contribution in [0.5, 0.6) is 0 Å². The van der Waals surface area contributed by atoms with Gasteiger partial charge in [0.1, 0.15) is 7.85 Å². The van der Waals surface area contributed by atoms with Crippen molar-refractivity contribution >= 4 is 24.6 Å². The van der Waals surface area contributed by atoms with Gasteiger partial charge >= 0.3 is 5.97 Å². The number of cyclic esters (lactones) is 1. The largest absolute Gasteiger partial charge is 0.432 e. The molecule has 1 fully saturated rings. The van der Waals surface area contributed by atoms with Crippen molar-refractivity contribution < 1.29 is 9.53 Å². The summed E-state index contributed by atoms with van der Waals surface area (Å²) in [7, 11) is 5.40. The minimum atomic E-state index is -0.209. The molecule has 1 aliphatic heterocycles. The predicted molar refractivity (Wildman–Crippen MR) is 75.9 cm³/mol. The molecule has 0 aromatic heterocycles. The van der Waals surface area contributed by atoms with Crippen molar-refractivity contribution in [3.8, 4) is 0 Å². The number of rotatable bonds is 1. The summed E-state index contributed by atoms with van der Waals surface area (Å²) in [6.07, 6.45) is 1.45. The zero-order valence-corrected chi connectivity index (χ0v) is 10.5. The molecule has 3 heteroatoms. The summed E-state index contributed by atoms with van der Waals surface area (Å²) in [5.74, 6) is 1.53. The minimum Gasteiger partial charge on any atom is -0.432 e. The molecule has 1 atom stereocenters. The van der Waals surface area contributed by atoms with Crippen LogP contribution in [0, 0.1) is 0 Å². The van der Waals surface area contributed by atoms with Crippen molar-refractivity contribution in [2.24, 2.45) is 0 Å². The second kappa shape index (κ2) is 4.92. The predicted octanol–water partition coefficient (Wildman–Crippen LogP) is 3.27. The van der Waals surface area contributed by atoms with E-state index in [1.807, 2.05) is 30.3 Å². The summed E-state index contributed by atoms with van der Waals surface area (Å²) in [4.78, 5) is 12.1. The highest BCUT2D eigenvalue weighted by Crippen LogP contribution is 2.34. The van der Waals surface area contributed by atoms with Gasteiger partial charge in [-0.2, -0.15) is 0 Å². The second-order valence-corrected chi connectivity index (χ2v) is 4.71. The first-order chi connectivity index (χ1) is 9.29. The lowest BCUT2D eigenvalue weighted by Crippen LogP contribution is -2.21. The number of allylic oxidation sites excluding steroid dienone is 1. The van der Waals surface area contributed by atoms with Gasteiger partial charge in [-0.15, -0.1) is 0 Å². The molecule has 3 rings (SSSR count). The monoisotopic (exact) mass is 248 g/mol. The van der Waals surface area contributed by atoms with Gasteiger partial charge in [0.05, 0.1) is 11.7 Å². The summed E-state index contributed by atoms with van der Waals surface area (Å²) in [5.41, 5.74) is 1.04. The molecule has 2 aromatic rings. The molecule has 0 amide bonds. The Balaban J connectivity index is 2.03. The molecule has 0 N–H and O–H groups in total. The highest BCUT2D eigenvalue weighted by molar-refractivity contribution is 6.17. The number of carbonyl (C=O) groups is 1. The molecule has 2 nitrogen and oxygen atoms in total.